The number of aryl methyl sites for hydroxylation is 1. The lowest BCUT2D eigenvalue weighted by atomic mass is 10.2. The molecule has 0 aliphatic heterocycles. The maximum Gasteiger partial charge on any atom is 0.269 e. The van der Waals surface area contributed by atoms with Gasteiger partial charge in [-0.3, -0.25) is 20.4 Å². The number of furan rings is 1. The van der Waals surface area contributed by atoms with Crippen molar-refractivity contribution in [3.8, 4) is 11.4 Å². The highest BCUT2D eigenvalue weighted by molar-refractivity contribution is 7.99. The Morgan fingerprint density at radius 3 is 2.59 bits per heavy atom. The van der Waals surface area contributed by atoms with E-state index in [1.807, 2.05) is 6.92 Å². The molecule has 27 heavy (non-hydrogen) atoms. The Balaban J connectivity index is 1.52. The molecule has 0 fully saturated rings. The maximum atomic E-state index is 12.8. The van der Waals surface area contributed by atoms with Gasteiger partial charge in [-0.25, -0.2) is 4.39 Å². The summed E-state index contributed by atoms with van der Waals surface area (Å²) in [5.74, 6) is -0.0120. The molecule has 0 atom stereocenters. The van der Waals surface area contributed by atoms with Crippen molar-refractivity contribution >= 4 is 23.6 Å². The van der Waals surface area contributed by atoms with E-state index in [9.17, 15) is 14.0 Å². The number of hydrazine groups is 1. The number of nitrogens with one attached hydrogen (secondary N) is 2. The van der Waals surface area contributed by atoms with Crippen LogP contribution in [0.1, 0.15) is 16.1 Å². The molecule has 0 saturated carbocycles. The van der Waals surface area contributed by atoms with Crippen molar-refractivity contribution in [1.29, 1.82) is 0 Å². The molecule has 2 N–H and O–H groups in total. The molecule has 3 aromatic rings. The van der Waals surface area contributed by atoms with E-state index < -0.39 is 17.6 Å². The van der Waals surface area contributed by atoms with Gasteiger partial charge in [0.25, 0.3) is 5.91 Å². The standard InChI is InChI=1S/C17H16FN5O3S/c1-10-13(7-8-26-10)15-20-22-17(23(15)2)27-9-14(24)19-21-16(25)11-3-5-12(18)6-4-11/h3-8H,9H2,1-2H3,(H,19,24)(H,21,25). The topological polar surface area (TPSA) is 102 Å². The zero-order chi connectivity index (χ0) is 19.4. The zero-order valence-corrected chi connectivity index (χ0v) is 15.3. The van der Waals surface area contributed by atoms with Gasteiger partial charge in [0.2, 0.25) is 5.91 Å². The average molecular weight is 389 g/mol. The summed E-state index contributed by atoms with van der Waals surface area (Å²) in [7, 11) is 1.79. The first kappa shape index (κ1) is 18.6. The molecule has 2 amide bonds. The summed E-state index contributed by atoms with van der Waals surface area (Å²) >= 11 is 1.17. The number of carbonyl (C=O) groups excluding carboxylic acids is 2. The molecule has 1 aromatic carbocycles. The molecular formula is C17H16FN5O3S. The smallest absolute Gasteiger partial charge is 0.269 e. The van der Waals surface area contributed by atoms with E-state index in [1.165, 1.54) is 36.0 Å². The number of hydrogen-bond acceptors (Lipinski definition) is 6. The predicted molar refractivity (Wildman–Crippen MR) is 96.2 cm³/mol. The lowest BCUT2D eigenvalue weighted by Gasteiger charge is -2.07. The van der Waals surface area contributed by atoms with Crippen LogP contribution in [-0.4, -0.2) is 32.3 Å². The number of aromatic nitrogens is 3. The van der Waals surface area contributed by atoms with Crippen molar-refractivity contribution in [2.75, 3.05) is 5.75 Å². The third-order valence-electron chi connectivity index (χ3n) is 3.69. The van der Waals surface area contributed by atoms with E-state index in [0.29, 0.717) is 11.0 Å². The summed E-state index contributed by atoms with van der Waals surface area (Å²) in [5, 5.41) is 8.73. The minimum absolute atomic E-state index is 0.0278. The first-order valence-electron chi connectivity index (χ1n) is 7.87. The van der Waals surface area contributed by atoms with Crippen LogP contribution in [0.5, 0.6) is 0 Å². The normalized spacial score (nSPS) is 10.6. The van der Waals surface area contributed by atoms with E-state index in [-0.39, 0.29) is 11.3 Å². The van der Waals surface area contributed by atoms with Crippen LogP contribution in [0.15, 0.2) is 46.2 Å². The summed E-state index contributed by atoms with van der Waals surface area (Å²) in [6.45, 7) is 1.83. The highest BCUT2D eigenvalue weighted by atomic mass is 32.2. The average Bonchev–Trinajstić information content (AvgIpc) is 3.23. The first-order valence-corrected chi connectivity index (χ1v) is 8.85. The minimum atomic E-state index is -0.537. The number of amides is 2. The van der Waals surface area contributed by atoms with Crippen molar-refractivity contribution in [2.24, 2.45) is 7.05 Å². The van der Waals surface area contributed by atoms with Gasteiger partial charge in [0, 0.05) is 12.6 Å². The highest BCUT2D eigenvalue weighted by Crippen LogP contribution is 2.25. The molecule has 0 aliphatic rings. The van der Waals surface area contributed by atoms with Crippen LogP contribution in [-0.2, 0) is 11.8 Å². The number of carbonyl (C=O) groups is 2. The summed E-state index contributed by atoms with van der Waals surface area (Å²) < 4.78 is 19.9. The van der Waals surface area contributed by atoms with Gasteiger partial charge in [0.05, 0.1) is 17.6 Å². The summed E-state index contributed by atoms with van der Waals surface area (Å²) in [4.78, 5) is 23.8. The third-order valence-corrected chi connectivity index (χ3v) is 4.71. The van der Waals surface area contributed by atoms with Gasteiger partial charge in [-0.1, -0.05) is 11.8 Å². The minimum Gasteiger partial charge on any atom is -0.469 e. The van der Waals surface area contributed by atoms with Crippen LogP contribution in [0.4, 0.5) is 4.39 Å². The number of halogens is 1. The van der Waals surface area contributed by atoms with Crippen molar-refractivity contribution < 1.29 is 18.4 Å². The van der Waals surface area contributed by atoms with Crippen molar-refractivity contribution in [2.45, 2.75) is 12.1 Å². The third kappa shape index (κ3) is 4.34. The zero-order valence-electron chi connectivity index (χ0n) is 14.5. The SMILES string of the molecule is Cc1occc1-c1nnc(SCC(=O)NNC(=O)c2ccc(F)cc2)n1C. The van der Waals surface area contributed by atoms with Crippen LogP contribution in [0.2, 0.25) is 0 Å². The number of benzene rings is 1. The fourth-order valence-corrected chi connectivity index (χ4v) is 2.97. The van der Waals surface area contributed by atoms with Gasteiger partial charge in [-0.05, 0) is 37.3 Å². The largest absolute Gasteiger partial charge is 0.469 e. The molecular weight excluding hydrogens is 373 g/mol. The predicted octanol–water partition coefficient (Wildman–Crippen LogP) is 2.08. The molecule has 2 heterocycles. The Bertz CT molecular complexity index is 967. The molecule has 0 spiro atoms. The molecule has 2 aromatic heterocycles. The van der Waals surface area contributed by atoms with E-state index in [2.05, 4.69) is 21.0 Å². The van der Waals surface area contributed by atoms with E-state index >= 15 is 0 Å². The Hall–Kier alpha value is -3.14. The van der Waals surface area contributed by atoms with Gasteiger partial charge in [-0.15, -0.1) is 10.2 Å². The Morgan fingerprint density at radius 1 is 1.19 bits per heavy atom. The highest BCUT2D eigenvalue weighted by Gasteiger charge is 2.16. The van der Waals surface area contributed by atoms with Gasteiger partial charge >= 0.3 is 0 Å². The van der Waals surface area contributed by atoms with Crippen LogP contribution in [0.3, 0.4) is 0 Å². The van der Waals surface area contributed by atoms with Crippen LogP contribution < -0.4 is 10.9 Å². The van der Waals surface area contributed by atoms with Crippen molar-refractivity contribution in [1.82, 2.24) is 25.6 Å². The molecule has 0 unspecified atom stereocenters. The number of nitrogens with zero attached hydrogens (tertiary/aromatic N) is 3. The Labute approximate surface area is 158 Å². The van der Waals surface area contributed by atoms with E-state index in [0.717, 1.165) is 11.3 Å². The molecule has 3 rings (SSSR count). The van der Waals surface area contributed by atoms with Crippen molar-refractivity contribution in [3.63, 3.8) is 0 Å². The molecule has 10 heteroatoms. The Kier molecular flexibility index (Phi) is 5.55. The lowest BCUT2D eigenvalue weighted by molar-refractivity contribution is -0.119. The van der Waals surface area contributed by atoms with E-state index in [1.54, 1.807) is 23.9 Å². The fourth-order valence-electron chi connectivity index (χ4n) is 2.26. The van der Waals surface area contributed by atoms with Crippen molar-refractivity contribution in [3.05, 3.63) is 53.7 Å². The quantitative estimate of drug-likeness (QED) is 0.512. The second-order valence-electron chi connectivity index (χ2n) is 5.55. The number of hydrogen-bond donors (Lipinski definition) is 2. The number of rotatable bonds is 5. The molecule has 140 valence electrons. The van der Waals surface area contributed by atoms with Crippen LogP contribution in [0.25, 0.3) is 11.4 Å². The first-order chi connectivity index (χ1) is 13.0. The van der Waals surface area contributed by atoms with Gasteiger partial charge < -0.3 is 8.98 Å². The van der Waals surface area contributed by atoms with Gasteiger partial charge in [-0.2, -0.15) is 0 Å². The summed E-state index contributed by atoms with van der Waals surface area (Å²) in [6.07, 6.45) is 1.57. The fraction of sp³-hybridized carbons (Fsp3) is 0.176. The van der Waals surface area contributed by atoms with Gasteiger partial charge in [0.1, 0.15) is 11.6 Å². The Morgan fingerprint density at radius 2 is 1.93 bits per heavy atom. The summed E-state index contributed by atoms with van der Waals surface area (Å²) in [6, 6.07) is 6.78. The van der Waals surface area contributed by atoms with Crippen LogP contribution >= 0.6 is 11.8 Å². The molecule has 0 radical (unpaired) electrons. The summed E-state index contributed by atoms with van der Waals surface area (Å²) in [5.41, 5.74) is 5.64. The number of thioether (sulfide) groups is 1. The molecule has 8 nitrogen and oxygen atoms in total. The van der Waals surface area contributed by atoms with E-state index in [4.69, 9.17) is 4.42 Å². The second-order valence-corrected chi connectivity index (χ2v) is 6.50. The monoisotopic (exact) mass is 389 g/mol. The van der Waals surface area contributed by atoms with Gasteiger partial charge in [0.15, 0.2) is 11.0 Å². The second kappa shape index (κ2) is 8.04. The molecule has 0 bridgehead atoms. The maximum absolute atomic E-state index is 12.8. The molecule has 0 aliphatic carbocycles. The molecule has 0 saturated heterocycles. The van der Waals surface area contributed by atoms with Crippen LogP contribution in [0, 0.1) is 12.7 Å². The lowest BCUT2D eigenvalue weighted by Crippen LogP contribution is -2.42.